The molecule has 1 aromatic heterocycles. The smallest absolute Gasteiger partial charge is 0.481 e. The summed E-state index contributed by atoms with van der Waals surface area (Å²) in [6.07, 6.45) is 3.02. The van der Waals surface area contributed by atoms with E-state index in [4.69, 9.17) is 4.74 Å². The SMILES string of the molecule is COc1ccc(C2CCC3NC4=C(N(c5ccccc5OC(F)(F)F)CC=C4)N3C2)cn1. The monoisotopic (exact) mass is 444 g/mol. The maximum absolute atomic E-state index is 13.0. The number of piperidine rings is 1. The number of hydrogen-bond acceptors (Lipinski definition) is 6. The molecule has 6 nitrogen and oxygen atoms in total. The van der Waals surface area contributed by atoms with Crippen LogP contribution in [0.5, 0.6) is 11.6 Å². The number of anilines is 1. The first-order valence-electron chi connectivity index (χ1n) is 10.5. The van der Waals surface area contributed by atoms with Crippen molar-refractivity contribution in [3.8, 4) is 11.6 Å². The molecule has 0 saturated carbocycles. The lowest BCUT2D eigenvalue weighted by Gasteiger charge is -2.41. The standard InChI is InChI=1S/C23H23F3N4O2/c1-31-21-11-9-15(13-27-21)16-8-10-20-28-17-5-4-12-29(22(17)30(20)14-16)18-6-2-3-7-19(18)32-23(24,25)26/h2-7,9,11,13,16,20,28H,8,10,12,14H2,1H3. The number of para-hydroxylation sites is 2. The van der Waals surface area contributed by atoms with Gasteiger partial charge in [0.1, 0.15) is 12.0 Å². The minimum absolute atomic E-state index is 0.100. The Morgan fingerprint density at radius 1 is 1.12 bits per heavy atom. The van der Waals surface area contributed by atoms with Gasteiger partial charge in [-0.3, -0.25) is 0 Å². The van der Waals surface area contributed by atoms with Gasteiger partial charge in [0, 0.05) is 31.3 Å². The van der Waals surface area contributed by atoms with Crippen LogP contribution in [-0.2, 0) is 0 Å². The number of benzene rings is 1. The number of hydrogen-bond donors (Lipinski definition) is 1. The molecule has 0 bridgehead atoms. The number of rotatable bonds is 4. The first-order valence-corrected chi connectivity index (χ1v) is 10.5. The topological polar surface area (TPSA) is 49.9 Å². The predicted molar refractivity (Wildman–Crippen MR) is 113 cm³/mol. The summed E-state index contributed by atoms with van der Waals surface area (Å²) < 4.78 is 48.5. The highest BCUT2D eigenvalue weighted by Gasteiger charge is 2.41. The number of ether oxygens (including phenoxy) is 2. The molecule has 32 heavy (non-hydrogen) atoms. The summed E-state index contributed by atoms with van der Waals surface area (Å²) in [5.41, 5.74) is 2.42. The van der Waals surface area contributed by atoms with Crippen LogP contribution in [0.2, 0.25) is 0 Å². The van der Waals surface area contributed by atoms with Gasteiger partial charge in [0.05, 0.1) is 18.5 Å². The molecule has 5 rings (SSSR count). The largest absolute Gasteiger partial charge is 0.573 e. The maximum atomic E-state index is 13.0. The van der Waals surface area contributed by atoms with E-state index in [0.717, 1.165) is 36.5 Å². The molecule has 0 aliphatic carbocycles. The molecule has 3 aliphatic heterocycles. The number of halogens is 3. The van der Waals surface area contributed by atoms with Gasteiger partial charge in [-0.1, -0.05) is 24.3 Å². The zero-order valence-corrected chi connectivity index (χ0v) is 17.5. The highest BCUT2D eigenvalue weighted by atomic mass is 19.4. The zero-order chi connectivity index (χ0) is 22.3. The van der Waals surface area contributed by atoms with Crippen LogP contribution < -0.4 is 19.7 Å². The summed E-state index contributed by atoms with van der Waals surface area (Å²) in [6.45, 7) is 1.19. The van der Waals surface area contributed by atoms with Crippen molar-refractivity contribution in [2.24, 2.45) is 0 Å². The molecule has 0 spiro atoms. The number of pyridine rings is 1. The van der Waals surface area contributed by atoms with Crippen molar-refractivity contribution in [3.05, 3.63) is 71.8 Å². The molecule has 1 saturated heterocycles. The van der Waals surface area contributed by atoms with Crippen molar-refractivity contribution in [1.82, 2.24) is 15.2 Å². The summed E-state index contributed by atoms with van der Waals surface area (Å²) >= 11 is 0. The predicted octanol–water partition coefficient (Wildman–Crippen LogP) is 4.34. The zero-order valence-electron chi connectivity index (χ0n) is 17.5. The highest BCUT2D eigenvalue weighted by Crippen LogP contribution is 2.42. The summed E-state index contributed by atoms with van der Waals surface area (Å²) in [6, 6.07) is 10.2. The van der Waals surface area contributed by atoms with E-state index >= 15 is 0 Å². The summed E-state index contributed by atoms with van der Waals surface area (Å²) in [7, 11) is 1.59. The number of nitrogens with one attached hydrogen (secondary N) is 1. The molecule has 4 heterocycles. The summed E-state index contributed by atoms with van der Waals surface area (Å²) in [4.78, 5) is 8.47. The second kappa shape index (κ2) is 7.96. The van der Waals surface area contributed by atoms with Crippen LogP contribution in [0.3, 0.4) is 0 Å². The van der Waals surface area contributed by atoms with E-state index in [9.17, 15) is 13.2 Å². The van der Waals surface area contributed by atoms with Gasteiger partial charge >= 0.3 is 6.36 Å². The van der Waals surface area contributed by atoms with Crippen LogP contribution in [-0.4, -0.2) is 42.6 Å². The lowest BCUT2D eigenvalue weighted by molar-refractivity contribution is -0.274. The average Bonchev–Trinajstić information content (AvgIpc) is 3.16. The lowest BCUT2D eigenvalue weighted by atomic mass is 9.90. The fourth-order valence-electron chi connectivity index (χ4n) is 4.67. The third-order valence-corrected chi connectivity index (χ3v) is 6.07. The summed E-state index contributed by atoms with van der Waals surface area (Å²) in [5.74, 6) is 1.49. The van der Waals surface area contributed by atoms with Crippen LogP contribution in [0, 0.1) is 0 Å². The van der Waals surface area contributed by atoms with Crippen LogP contribution in [0.4, 0.5) is 18.9 Å². The van der Waals surface area contributed by atoms with E-state index in [1.165, 1.54) is 6.07 Å². The first-order chi connectivity index (χ1) is 15.4. The second-order valence-corrected chi connectivity index (χ2v) is 7.99. The molecule has 3 aliphatic rings. The highest BCUT2D eigenvalue weighted by molar-refractivity contribution is 5.65. The first kappa shape index (κ1) is 20.5. The average molecular weight is 444 g/mol. The van der Waals surface area contributed by atoms with Crippen molar-refractivity contribution < 1.29 is 22.6 Å². The van der Waals surface area contributed by atoms with Crippen molar-refractivity contribution in [2.45, 2.75) is 31.3 Å². The Hall–Kier alpha value is -3.36. The molecule has 2 unspecified atom stereocenters. The molecule has 168 valence electrons. The molecular formula is C23H23F3N4O2. The van der Waals surface area contributed by atoms with Crippen molar-refractivity contribution in [3.63, 3.8) is 0 Å². The van der Waals surface area contributed by atoms with E-state index in [2.05, 4.69) is 19.9 Å². The Morgan fingerprint density at radius 3 is 2.72 bits per heavy atom. The quantitative estimate of drug-likeness (QED) is 0.757. The minimum Gasteiger partial charge on any atom is -0.481 e. The van der Waals surface area contributed by atoms with E-state index in [-0.39, 0.29) is 17.8 Å². The van der Waals surface area contributed by atoms with Crippen LogP contribution >= 0.6 is 0 Å². The van der Waals surface area contributed by atoms with Gasteiger partial charge in [-0.05, 0) is 36.6 Å². The number of fused-ring (bicyclic) bond motifs is 2. The fourth-order valence-corrected chi connectivity index (χ4v) is 4.67. The van der Waals surface area contributed by atoms with Crippen LogP contribution in [0.15, 0.2) is 66.3 Å². The van der Waals surface area contributed by atoms with Gasteiger partial charge in [0.15, 0.2) is 5.75 Å². The van der Waals surface area contributed by atoms with Gasteiger partial charge in [-0.2, -0.15) is 0 Å². The molecule has 1 fully saturated rings. The van der Waals surface area contributed by atoms with Crippen molar-refractivity contribution in [2.75, 3.05) is 25.1 Å². The van der Waals surface area contributed by atoms with E-state index in [0.29, 0.717) is 18.1 Å². The van der Waals surface area contributed by atoms with Crippen LogP contribution in [0.25, 0.3) is 0 Å². The third-order valence-electron chi connectivity index (χ3n) is 6.07. The molecule has 1 aromatic carbocycles. The Morgan fingerprint density at radius 2 is 1.97 bits per heavy atom. The lowest BCUT2D eigenvalue weighted by Crippen LogP contribution is -2.46. The molecule has 1 N–H and O–H groups in total. The summed E-state index contributed by atoms with van der Waals surface area (Å²) in [5, 5.41) is 3.53. The fraction of sp³-hybridized carbons (Fsp3) is 0.348. The molecule has 9 heteroatoms. The third kappa shape index (κ3) is 3.83. The van der Waals surface area contributed by atoms with Crippen molar-refractivity contribution >= 4 is 5.69 Å². The van der Waals surface area contributed by atoms with Gasteiger partial charge < -0.3 is 24.6 Å². The number of allylic oxidation sites excluding steroid dienone is 1. The van der Waals surface area contributed by atoms with Gasteiger partial charge in [-0.25, -0.2) is 4.98 Å². The van der Waals surface area contributed by atoms with Gasteiger partial charge in [0.2, 0.25) is 5.88 Å². The Bertz CT molecular complexity index is 1050. The molecule has 0 amide bonds. The molecule has 2 atom stereocenters. The van der Waals surface area contributed by atoms with E-state index in [1.807, 2.05) is 35.4 Å². The Kier molecular flexibility index (Phi) is 5.11. The molecular weight excluding hydrogens is 421 g/mol. The number of aromatic nitrogens is 1. The molecule has 0 radical (unpaired) electrons. The number of nitrogens with zero attached hydrogens (tertiary/aromatic N) is 3. The minimum atomic E-state index is -4.76. The number of alkyl halides is 3. The Labute approximate surface area is 183 Å². The van der Waals surface area contributed by atoms with Gasteiger partial charge in [0.25, 0.3) is 0 Å². The second-order valence-electron chi connectivity index (χ2n) is 7.99. The van der Waals surface area contributed by atoms with E-state index in [1.54, 1.807) is 25.3 Å². The molecule has 2 aromatic rings. The van der Waals surface area contributed by atoms with Gasteiger partial charge in [-0.15, -0.1) is 13.2 Å². The number of methoxy groups -OCH3 is 1. The van der Waals surface area contributed by atoms with Crippen LogP contribution in [0.1, 0.15) is 24.3 Å². The van der Waals surface area contributed by atoms with Crippen molar-refractivity contribution in [1.29, 1.82) is 0 Å². The van der Waals surface area contributed by atoms with E-state index < -0.39 is 6.36 Å². The normalized spacial score (nSPS) is 22.4. The maximum Gasteiger partial charge on any atom is 0.573 e. The Balaban J connectivity index is 1.45.